The first-order chi connectivity index (χ1) is 8.19. The van der Waals surface area contributed by atoms with Crippen molar-refractivity contribution in [3.05, 3.63) is 28.8 Å². The Morgan fingerprint density at radius 3 is 2.53 bits per heavy atom. The van der Waals surface area contributed by atoms with E-state index in [4.69, 9.17) is 10.5 Å². The second kappa shape index (κ2) is 7.33. The van der Waals surface area contributed by atoms with Gasteiger partial charge in [0.05, 0.1) is 6.61 Å². The first-order valence-electron chi connectivity index (χ1n) is 6.62. The summed E-state index contributed by atoms with van der Waals surface area (Å²) >= 11 is 0. The summed E-state index contributed by atoms with van der Waals surface area (Å²) in [7, 11) is 0. The molecule has 0 aliphatic rings. The average Bonchev–Trinajstić information content (AvgIpc) is 2.31. The fraction of sp³-hybridized carbons (Fsp3) is 0.600. The van der Waals surface area contributed by atoms with Crippen molar-refractivity contribution in [1.29, 1.82) is 0 Å². The molecule has 0 fully saturated rings. The molecular weight excluding hydrogens is 210 g/mol. The lowest BCUT2D eigenvalue weighted by atomic mass is 10.00. The van der Waals surface area contributed by atoms with Crippen LogP contribution in [0.2, 0.25) is 0 Å². The van der Waals surface area contributed by atoms with Gasteiger partial charge in [-0.25, -0.2) is 0 Å². The molecule has 96 valence electrons. The maximum Gasteiger partial charge on any atom is 0.122 e. The van der Waals surface area contributed by atoms with Crippen molar-refractivity contribution in [1.82, 2.24) is 0 Å². The zero-order valence-electron chi connectivity index (χ0n) is 11.4. The molecule has 17 heavy (non-hydrogen) atoms. The highest BCUT2D eigenvalue weighted by molar-refractivity contribution is 5.41. The Hall–Kier alpha value is -1.02. The molecule has 1 aromatic rings. The third-order valence-electron chi connectivity index (χ3n) is 3.00. The van der Waals surface area contributed by atoms with Gasteiger partial charge in [-0.3, -0.25) is 0 Å². The maximum atomic E-state index is 5.73. The van der Waals surface area contributed by atoms with Gasteiger partial charge in [0, 0.05) is 0 Å². The molecule has 0 saturated carbocycles. The van der Waals surface area contributed by atoms with Crippen LogP contribution in [0.1, 0.15) is 42.9 Å². The number of nitrogens with two attached hydrogens (primary N) is 1. The zero-order valence-corrected chi connectivity index (χ0v) is 11.4. The molecule has 0 heterocycles. The molecule has 1 rings (SSSR count). The lowest BCUT2D eigenvalue weighted by Crippen LogP contribution is -2.01. The molecule has 0 radical (unpaired) electrons. The quantitative estimate of drug-likeness (QED) is 0.735. The first-order valence-corrected chi connectivity index (χ1v) is 6.62. The Morgan fingerprint density at radius 1 is 1.12 bits per heavy atom. The molecule has 2 N–H and O–H groups in total. The van der Waals surface area contributed by atoms with Gasteiger partial charge in [-0.15, -0.1) is 0 Å². The molecule has 0 aliphatic heterocycles. The van der Waals surface area contributed by atoms with E-state index in [9.17, 15) is 0 Å². The van der Waals surface area contributed by atoms with Crippen molar-refractivity contribution in [3.63, 3.8) is 0 Å². The summed E-state index contributed by atoms with van der Waals surface area (Å²) in [5, 5.41) is 0. The number of unbranched alkanes of at least 4 members (excludes halogenated alkanes) is 1. The van der Waals surface area contributed by atoms with Crippen LogP contribution < -0.4 is 10.5 Å². The van der Waals surface area contributed by atoms with Gasteiger partial charge in [-0.2, -0.15) is 0 Å². The Bertz CT molecular complexity index is 347. The Kier molecular flexibility index (Phi) is 6.06. The van der Waals surface area contributed by atoms with Crippen molar-refractivity contribution in [2.24, 2.45) is 5.73 Å². The number of benzene rings is 1. The van der Waals surface area contributed by atoms with Crippen LogP contribution in [-0.4, -0.2) is 13.2 Å². The second-order valence-corrected chi connectivity index (χ2v) is 4.64. The van der Waals surface area contributed by atoms with Crippen molar-refractivity contribution in [2.75, 3.05) is 13.2 Å². The van der Waals surface area contributed by atoms with Gasteiger partial charge in [0.1, 0.15) is 5.75 Å². The van der Waals surface area contributed by atoms with E-state index in [0.29, 0.717) is 0 Å². The molecule has 0 aliphatic carbocycles. The van der Waals surface area contributed by atoms with E-state index in [1.54, 1.807) is 0 Å². The molecule has 0 amide bonds. The van der Waals surface area contributed by atoms with Gasteiger partial charge >= 0.3 is 0 Å². The monoisotopic (exact) mass is 235 g/mol. The molecule has 0 bridgehead atoms. The van der Waals surface area contributed by atoms with Crippen LogP contribution in [0.4, 0.5) is 0 Å². The van der Waals surface area contributed by atoms with E-state index in [2.05, 4.69) is 32.9 Å². The Balaban J connectivity index is 2.71. The maximum absolute atomic E-state index is 5.73. The van der Waals surface area contributed by atoms with Crippen molar-refractivity contribution < 1.29 is 4.74 Å². The predicted molar refractivity (Wildman–Crippen MR) is 73.7 cm³/mol. The second-order valence-electron chi connectivity index (χ2n) is 4.64. The summed E-state index contributed by atoms with van der Waals surface area (Å²) in [6.07, 6.45) is 4.45. The summed E-state index contributed by atoms with van der Waals surface area (Å²) in [6.45, 7) is 8.00. The number of ether oxygens (including phenoxy) is 1. The van der Waals surface area contributed by atoms with Crippen LogP contribution in [0, 0.1) is 13.8 Å². The van der Waals surface area contributed by atoms with E-state index < -0.39 is 0 Å². The molecular formula is C15H25NO. The number of hydrogen-bond donors (Lipinski definition) is 1. The Labute approximate surface area is 105 Å². The summed E-state index contributed by atoms with van der Waals surface area (Å²) in [5.74, 6) is 1.03. The lowest BCUT2D eigenvalue weighted by molar-refractivity contribution is 0.315. The van der Waals surface area contributed by atoms with Gasteiger partial charge in [0.2, 0.25) is 0 Å². The summed E-state index contributed by atoms with van der Waals surface area (Å²) in [6, 6.07) is 4.43. The number of aryl methyl sites for hydroxylation is 3. The van der Waals surface area contributed by atoms with Gasteiger partial charge in [0.25, 0.3) is 0 Å². The van der Waals surface area contributed by atoms with Gasteiger partial charge < -0.3 is 10.5 Å². The van der Waals surface area contributed by atoms with Crippen LogP contribution >= 0.6 is 0 Å². The van der Waals surface area contributed by atoms with E-state index >= 15 is 0 Å². The minimum atomic E-state index is 0.787. The third-order valence-corrected chi connectivity index (χ3v) is 3.00. The molecule has 1 aromatic carbocycles. The Morgan fingerprint density at radius 2 is 1.88 bits per heavy atom. The van der Waals surface area contributed by atoms with E-state index in [0.717, 1.165) is 38.2 Å². The van der Waals surface area contributed by atoms with Crippen LogP contribution in [-0.2, 0) is 6.42 Å². The number of rotatable bonds is 7. The molecule has 0 unspecified atom stereocenters. The van der Waals surface area contributed by atoms with Crippen molar-refractivity contribution in [3.8, 4) is 5.75 Å². The largest absolute Gasteiger partial charge is 0.493 e. The van der Waals surface area contributed by atoms with Crippen LogP contribution in [0.3, 0.4) is 0 Å². The fourth-order valence-corrected chi connectivity index (χ4v) is 1.95. The fourth-order valence-electron chi connectivity index (χ4n) is 1.95. The minimum Gasteiger partial charge on any atom is -0.493 e. The van der Waals surface area contributed by atoms with E-state index in [1.807, 2.05) is 0 Å². The molecule has 2 heteroatoms. The highest BCUT2D eigenvalue weighted by atomic mass is 16.5. The predicted octanol–water partition coefficient (Wildman–Crippen LogP) is 3.37. The lowest BCUT2D eigenvalue weighted by Gasteiger charge is -2.13. The average molecular weight is 235 g/mol. The van der Waals surface area contributed by atoms with Crippen LogP contribution in [0.15, 0.2) is 12.1 Å². The molecule has 0 atom stereocenters. The van der Waals surface area contributed by atoms with E-state index in [-0.39, 0.29) is 0 Å². The van der Waals surface area contributed by atoms with Crippen LogP contribution in [0.25, 0.3) is 0 Å². The van der Waals surface area contributed by atoms with Crippen molar-refractivity contribution >= 4 is 0 Å². The molecule has 2 nitrogen and oxygen atoms in total. The van der Waals surface area contributed by atoms with Gasteiger partial charge in [-0.1, -0.05) is 13.0 Å². The van der Waals surface area contributed by atoms with Crippen LogP contribution in [0.5, 0.6) is 5.75 Å². The standard InChI is InChI=1S/C15H25NO/c1-4-9-17-15-11-12(2)14(10-13(15)3)7-5-6-8-16/h10-11H,4-9,16H2,1-3H3. The topological polar surface area (TPSA) is 35.2 Å². The highest BCUT2D eigenvalue weighted by Crippen LogP contribution is 2.24. The molecule has 0 aromatic heterocycles. The third kappa shape index (κ3) is 4.39. The summed E-state index contributed by atoms with van der Waals surface area (Å²) in [4.78, 5) is 0. The minimum absolute atomic E-state index is 0.787. The summed E-state index contributed by atoms with van der Waals surface area (Å²) < 4.78 is 5.73. The summed E-state index contributed by atoms with van der Waals surface area (Å²) in [5.41, 5.74) is 9.52. The highest BCUT2D eigenvalue weighted by Gasteiger charge is 2.05. The smallest absolute Gasteiger partial charge is 0.122 e. The molecule has 0 saturated heterocycles. The first kappa shape index (κ1) is 14.0. The van der Waals surface area contributed by atoms with Crippen molar-refractivity contribution in [2.45, 2.75) is 46.5 Å². The van der Waals surface area contributed by atoms with E-state index in [1.165, 1.54) is 23.1 Å². The van der Waals surface area contributed by atoms with Gasteiger partial charge in [-0.05, 0) is 68.8 Å². The van der Waals surface area contributed by atoms with Gasteiger partial charge in [0.15, 0.2) is 0 Å². The number of hydrogen-bond acceptors (Lipinski definition) is 2. The molecule has 0 spiro atoms. The normalized spacial score (nSPS) is 10.6. The SMILES string of the molecule is CCCOc1cc(C)c(CCCCN)cc1C. The zero-order chi connectivity index (χ0) is 12.7.